The summed E-state index contributed by atoms with van der Waals surface area (Å²) >= 11 is 6.15. The number of anilines is 2. The Morgan fingerprint density at radius 2 is 1.44 bits per heavy atom. The van der Waals surface area contributed by atoms with Gasteiger partial charge >= 0.3 is 0 Å². The van der Waals surface area contributed by atoms with Crippen molar-refractivity contribution in [3.05, 3.63) is 82.4 Å². The maximum Gasteiger partial charge on any atom is 0.263 e. The van der Waals surface area contributed by atoms with E-state index in [9.17, 15) is 16.8 Å². The summed E-state index contributed by atoms with van der Waals surface area (Å²) in [6, 6.07) is 15.8. The molecule has 3 aromatic rings. The highest BCUT2D eigenvalue weighted by Gasteiger charge is 2.22. The topological polar surface area (TPSA) is 92.3 Å². The lowest BCUT2D eigenvalue weighted by atomic mass is 10.0. The van der Waals surface area contributed by atoms with Crippen LogP contribution in [0.1, 0.15) is 36.5 Å². The molecule has 170 valence electrons. The molecule has 9 heteroatoms. The average molecular weight is 493 g/mol. The van der Waals surface area contributed by atoms with E-state index < -0.39 is 20.0 Å². The second kappa shape index (κ2) is 9.13. The molecule has 0 atom stereocenters. The Hall–Kier alpha value is -2.55. The Labute approximate surface area is 194 Å². The Bertz CT molecular complexity index is 1350. The lowest BCUT2D eigenvalue weighted by Gasteiger charge is -2.14. The largest absolute Gasteiger partial charge is 0.280 e. The molecule has 0 aliphatic rings. The fraction of sp³-hybridized carbons (Fsp3) is 0.217. The molecular weight excluding hydrogens is 468 g/mol. The van der Waals surface area contributed by atoms with Gasteiger partial charge in [-0.2, -0.15) is 0 Å². The minimum absolute atomic E-state index is 0.0218. The third kappa shape index (κ3) is 5.43. The molecule has 0 radical (unpaired) electrons. The first-order valence-electron chi connectivity index (χ1n) is 9.91. The molecule has 3 rings (SSSR count). The Balaban J connectivity index is 1.90. The molecule has 0 amide bonds. The summed E-state index contributed by atoms with van der Waals surface area (Å²) in [5, 5.41) is -0.0218. The molecule has 0 saturated carbocycles. The number of aryl methyl sites for hydroxylation is 2. The Morgan fingerprint density at radius 1 is 0.781 bits per heavy atom. The van der Waals surface area contributed by atoms with Crippen molar-refractivity contribution >= 4 is 43.0 Å². The van der Waals surface area contributed by atoms with Crippen molar-refractivity contribution in [2.75, 3.05) is 9.44 Å². The van der Waals surface area contributed by atoms with E-state index >= 15 is 0 Å². The first-order valence-corrected chi connectivity index (χ1v) is 13.3. The Kier molecular flexibility index (Phi) is 6.88. The predicted molar refractivity (Wildman–Crippen MR) is 130 cm³/mol. The molecule has 0 bridgehead atoms. The van der Waals surface area contributed by atoms with Gasteiger partial charge in [-0.3, -0.25) is 9.44 Å². The van der Waals surface area contributed by atoms with Crippen molar-refractivity contribution < 1.29 is 16.8 Å². The van der Waals surface area contributed by atoms with Gasteiger partial charge in [-0.05, 0) is 67.3 Å². The third-order valence-electron chi connectivity index (χ3n) is 4.96. The van der Waals surface area contributed by atoms with Crippen LogP contribution in [0.3, 0.4) is 0 Å². The molecule has 6 nitrogen and oxygen atoms in total. The van der Waals surface area contributed by atoms with Crippen LogP contribution >= 0.6 is 11.6 Å². The second-order valence-corrected chi connectivity index (χ2v) is 11.6. The van der Waals surface area contributed by atoms with Gasteiger partial charge in [-0.1, -0.05) is 55.3 Å². The summed E-state index contributed by atoms with van der Waals surface area (Å²) in [5.74, 6) is 0.272. The molecular formula is C23H25ClN2O4S2. The molecule has 0 aromatic heterocycles. The standard InChI is InChI=1S/C23H25ClN2O4S2/c1-15(2)18-6-9-20(10-7-18)31(27,28)25-19-8-11-21(24)23(14-19)32(29,30)26-22-12-5-16(3)13-17(22)4/h5-15,25-26H,1-4H3. The zero-order chi connectivity index (χ0) is 23.7. The van der Waals surface area contributed by atoms with E-state index in [1.807, 2.05) is 26.8 Å². The van der Waals surface area contributed by atoms with Crippen LogP contribution in [0, 0.1) is 13.8 Å². The van der Waals surface area contributed by atoms with E-state index in [0.717, 1.165) is 16.7 Å². The molecule has 3 aromatic carbocycles. The van der Waals surface area contributed by atoms with E-state index in [-0.39, 0.29) is 26.4 Å². The SMILES string of the molecule is Cc1ccc(NS(=O)(=O)c2cc(NS(=O)(=O)c3ccc(C(C)C)cc3)ccc2Cl)c(C)c1. The average Bonchev–Trinajstić information content (AvgIpc) is 2.71. The van der Waals surface area contributed by atoms with Gasteiger partial charge < -0.3 is 0 Å². The molecule has 0 heterocycles. The smallest absolute Gasteiger partial charge is 0.263 e. The van der Waals surface area contributed by atoms with Gasteiger partial charge in [0.25, 0.3) is 20.0 Å². The number of hydrogen-bond acceptors (Lipinski definition) is 4. The van der Waals surface area contributed by atoms with E-state index in [0.29, 0.717) is 5.69 Å². The summed E-state index contributed by atoms with van der Waals surface area (Å²) in [5.41, 5.74) is 3.28. The van der Waals surface area contributed by atoms with Crippen LogP contribution in [0.4, 0.5) is 11.4 Å². The minimum atomic E-state index is -4.05. The van der Waals surface area contributed by atoms with E-state index in [2.05, 4.69) is 9.44 Å². The van der Waals surface area contributed by atoms with Gasteiger partial charge in [-0.25, -0.2) is 16.8 Å². The quantitative estimate of drug-likeness (QED) is 0.443. The van der Waals surface area contributed by atoms with Crippen molar-refractivity contribution in [2.24, 2.45) is 0 Å². The molecule has 0 aliphatic heterocycles. The molecule has 0 fully saturated rings. The Morgan fingerprint density at radius 3 is 2.03 bits per heavy atom. The molecule has 0 spiro atoms. The van der Waals surface area contributed by atoms with Crippen LogP contribution in [-0.4, -0.2) is 16.8 Å². The molecule has 0 unspecified atom stereocenters. The lowest BCUT2D eigenvalue weighted by molar-refractivity contribution is 0.598. The van der Waals surface area contributed by atoms with Crippen molar-refractivity contribution in [1.82, 2.24) is 0 Å². The zero-order valence-corrected chi connectivity index (χ0v) is 20.6. The number of halogens is 1. The third-order valence-corrected chi connectivity index (χ3v) is 8.20. The summed E-state index contributed by atoms with van der Waals surface area (Å²) in [7, 11) is -7.96. The van der Waals surface area contributed by atoms with Gasteiger partial charge in [0.15, 0.2) is 0 Å². The number of nitrogens with one attached hydrogen (secondary N) is 2. The summed E-state index contributed by atoms with van der Waals surface area (Å²) in [6.07, 6.45) is 0. The fourth-order valence-electron chi connectivity index (χ4n) is 3.15. The highest BCUT2D eigenvalue weighted by molar-refractivity contribution is 7.93. The minimum Gasteiger partial charge on any atom is -0.280 e. The molecule has 32 heavy (non-hydrogen) atoms. The molecule has 0 aliphatic carbocycles. The first kappa shape index (κ1) is 24.1. The van der Waals surface area contributed by atoms with Crippen molar-refractivity contribution in [3.8, 4) is 0 Å². The van der Waals surface area contributed by atoms with Crippen LogP contribution in [0.15, 0.2) is 70.5 Å². The number of hydrogen-bond donors (Lipinski definition) is 2. The summed E-state index contributed by atoms with van der Waals surface area (Å²) < 4.78 is 56.5. The fourth-order valence-corrected chi connectivity index (χ4v) is 5.85. The first-order chi connectivity index (χ1) is 14.9. The van der Waals surface area contributed by atoms with Crippen LogP contribution in [-0.2, 0) is 20.0 Å². The van der Waals surface area contributed by atoms with E-state index in [4.69, 9.17) is 11.6 Å². The molecule has 0 saturated heterocycles. The lowest BCUT2D eigenvalue weighted by Crippen LogP contribution is -2.16. The summed E-state index contributed by atoms with van der Waals surface area (Å²) in [4.78, 5) is -0.149. The molecule has 2 N–H and O–H groups in total. The number of benzene rings is 3. The van der Waals surface area contributed by atoms with Gasteiger partial charge in [0.05, 0.1) is 21.3 Å². The van der Waals surface area contributed by atoms with E-state index in [1.54, 1.807) is 31.2 Å². The summed E-state index contributed by atoms with van der Waals surface area (Å²) in [6.45, 7) is 7.74. The van der Waals surface area contributed by atoms with Crippen LogP contribution in [0.5, 0.6) is 0 Å². The van der Waals surface area contributed by atoms with Gasteiger partial charge in [0, 0.05) is 0 Å². The number of sulfonamides is 2. The van der Waals surface area contributed by atoms with Crippen molar-refractivity contribution in [2.45, 2.75) is 43.4 Å². The van der Waals surface area contributed by atoms with Gasteiger partial charge in [-0.15, -0.1) is 0 Å². The van der Waals surface area contributed by atoms with Crippen LogP contribution < -0.4 is 9.44 Å². The van der Waals surface area contributed by atoms with Crippen molar-refractivity contribution in [3.63, 3.8) is 0 Å². The van der Waals surface area contributed by atoms with Crippen LogP contribution in [0.25, 0.3) is 0 Å². The number of rotatable bonds is 7. The van der Waals surface area contributed by atoms with Gasteiger partial charge in [0.2, 0.25) is 0 Å². The maximum atomic E-state index is 13.0. The normalized spacial score (nSPS) is 12.1. The van der Waals surface area contributed by atoms with Crippen LogP contribution in [0.2, 0.25) is 5.02 Å². The second-order valence-electron chi connectivity index (χ2n) is 7.90. The predicted octanol–water partition coefficient (Wildman–Crippen LogP) is 5.68. The zero-order valence-electron chi connectivity index (χ0n) is 18.2. The highest BCUT2D eigenvalue weighted by atomic mass is 35.5. The van der Waals surface area contributed by atoms with E-state index in [1.165, 1.54) is 30.3 Å². The maximum absolute atomic E-state index is 13.0. The van der Waals surface area contributed by atoms with Gasteiger partial charge in [0.1, 0.15) is 4.90 Å². The van der Waals surface area contributed by atoms with Crippen molar-refractivity contribution in [1.29, 1.82) is 0 Å². The highest BCUT2D eigenvalue weighted by Crippen LogP contribution is 2.29. The monoisotopic (exact) mass is 492 g/mol.